The first-order chi connectivity index (χ1) is 12.1. The molecule has 3 rings (SSSR count). The number of furan rings is 1. The molecule has 1 saturated heterocycles. The van der Waals surface area contributed by atoms with Gasteiger partial charge < -0.3 is 19.4 Å². The molecule has 1 aliphatic rings. The number of hydrogen-bond donors (Lipinski definition) is 1. The number of benzene rings is 1. The number of rotatable bonds is 5. The van der Waals surface area contributed by atoms with Gasteiger partial charge in [-0.25, -0.2) is 0 Å². The summed E-state index contributed by atoms with van der Waals surface area (Å²) in [7, 11) is 3.36. The van der Waals surface area contributed by atoms with Crippen molar-refractivity contribution in [1.82, 2.24) is 10.2 Å². The fourth-order valence-corrected chi connectivity index (χ4v) is 3.29. The van der Waals surface area contributed by atoms with Gasteiger partial charge in [-0.3, -0.25) is 9.59 Å². The largest absolute Gasteiger partial charge is 0.497 e. The molecule has 2 aromatic rings. The van der Waals surface area contributed by atoms with Gasteiger partial charge in [0.2, 0.25) is 11.8 Å². The van der Waals surface area contributed by atoms with Crippen molar-refractivity contribution in [3.05, 3.63) is 54.0 Å². The number of carbonyl (C=O) groups excluding carboxylic acids is 2. The number of ether oxygens (including phenoxy) is 1. The van der Waals surface area contributed by atoms with Crippen LogP contribution in [0.1, 0.15) is 30.2 Å². The van der Waals surface area contributed by atoms with E-state index in [9.17, 15) is 9.59 Å². The summed E-state index contributed by atoms with van der Waals surface area (Å²) in [5.41, 5.74) is 0.925. The van der Waals surface area contributed by atoms with Gasteiger partial charge in [0.25, 0.3) is 0 Å². The third kappa shape index (κ3) is 3.68. The fraction of sp³-hybridized carbons (Fsp3) is 0.368. The molecule has 0 spiro atoms. The minimum absolute atomic E-state index is 0.0518. The van der Waals surface area contributed by atoms with Crippen LogP contribution in [0.4, 0.5) is 0 Å². The van der Waals surface area contributed by atoms with Gasteiger partial charge in [-0.15, -0.1) is 0 Å². The Labute approximate surface area is 146 Å². The normalized spacial score (nSPS) is 20.4. The van der Waals surface area contributed by atoms with E-state index >= 15 is 0 Å². The van der Waals surface area contributed by atoms with Crippen molar-refractivity contribution in [1.29, 1.82) is 0 Å². The van der Waals surface area contributed by atoms with Gasteiger partial charge >= 0.3 is 0 Å². The maximum Gasteiger partial charge on any atom is 0.225 e. The second-order valence-electron chi connectivity index (χ2n) is 6.16. The van der Waals surface area contributed by atoms with Gasteiger partial charge in [0.05, 0.1) is 31.9 Å². The topological polar surface area (TPSA) is 71.8 Å². The standard InChI is InChI=1S/C19H22N2O4/c1-21-17(22)10-9-16(19(23)20-12-15-4-3-11-25-15)18(21)13-5-7-14(24-2)8-6-13/h3-8,11,16,18H,9-10,12H2,1-2H3,(H,20,23). The lowest BCUT2D eigenvalue weighted by molar-refractivity contribution is -0.141. The number of piperidine rings is 1. The Bertz CT molecular complexity index is 724. The van der Waals surface area contributed by atoms with Crippen LogP contribution in [0.25, 0.3) is 0 Å². The first kappa shape index (κ1) is 17.1. The quantitative estimate of drug-likeness (QED) is 0.906. The van der Waals surface area contributed by atoms with Crippen LogP contribution in [0.2, 0.25) is 0 Å². The lowest BCUT2D eigenvalue weighted by Gasteiger charge is -2.38. The molecule has 2 amide bonds. The van der Waals surface area contributed by atoms with Gasteiger partial charge in [0.1, 0.15) is 11.5 Å². The number of carbonyl (C=O) groups is 2. The fourth-order valence-electron chi connectivity index (χ4n) is 3.29. The first-order valence-corrected chi connectivity index (χ1v) is 8.30. The van der Waals surface area contributed by atoms with Crippen LogP contribution in [0.15, 0.2) is 47.1 Å². The van der Waals surface area contributed by atoms with Gasteiger partial charge in [-0.05, 0) is 36.2 Å². The van der Waals surface area contributed by atoms with Gasteiger partial charge in [0.15, 0.2) is 0 Å². The van der Waals surface area contributed by atoms with Crippen molar-refractivity contribution in [2.75, 3.05) is 14.2 Å². The number of methoxy groups -OCH3 is 1. The monoisotopic (exact) mass is 342 g/mol. The summed E-state index contributed by atoms with van der Waals surface area (Å²) < 4.78 is 10.4. The number of nitrogens with zero attached hydrogens (tertiary/aromatic N) is 1. The molecule has 1 N–H and O–H groups in total. The molecule has 0 aliphatic carbocycles. The minimum atomic E-state index is -0.300. The molecule has 25 heavy (non-hydrogen) atoms. The van der Waals surface area contributed by atoms with Crippen LogP contribution in [0.3, 0.4) is 0 Å². The Morgan fingerprint density at radius 1 is 1.32 bits per heavy atom. The lowest BCUT2D eigenvalue weighted by atomic mass is 9.84. The smallest absolute Gasteiger partial charge is 0.225 e. The maximum absolute atomic E-state index is 12.7. The van der Waals surface area contributed by atoms with Crippen molar-refractivity contribution >= 4 is 11.8 Å². The predicted octanol–water partition coefficient (Wildman–Crippen LogP) is 2.51. The first-order valence-electron chi connectivity index (χ1n) is 8.30. The van der Waals surface area contributed by atoms with E-state index in [1.54, 1.807) is 31.4 Å². The Morgan fingerprint density at radius 3 is 2.72 bits per heavy atom. The highest BCUT2D eigenvalue weighted by atomic mass is 16.5. The van der Waals surface area contributed by atoms with Crippen LogP contribution in [-0.4, -0.2) is 30.9 Å². The van der Waals surface area contributed by atoms with Crippen molar-refractivity contribution < 1.29 is 18.7 Å². The molecule has 0 radical (unpaired) electrons. The Hall–Kier alpha value is -2.76. The van der Waals surface area contributed by atoms with Crippen LogP contribution >= 0.6 is 0 Å². The summed E-state index contributed by atoms with van der Waals surface area (Å²) in [5, 5.41) is 2.92. The van der Waals surface area contributed by atoms with Crippen LogP contribution < -0.4 is 10.1 Å². The summed E-state index contributed by atoms with van der Waals surface area (Å²) in [6.45, 7) is 0.343. The molecule has 2 heterocycles. The van der Waals surface area contributed by atoms with Crippen LogP contribution in [-0.2, 0) is 16.1 Å². The van der Waals surface area contributed by atoms with E-state index in [1.165, 1.54) is 0 Å². The third-order valence-corrected chi connectivity index (χ3v) is 4.67. The van der Waals surface area contributed by atoms with E-state index < -0.39 is 0 Å². The van der Waals surface area contributed by atoms with Crippen molar-refractivity contribution in [2.45, 2.75) is 25.4 Å². The number of hydrogen-bond acceptors (Lipinski definition) is 4. The highest BCUT2D eigenvalue weighted by molar-refractivity contribution is 5.84. The van der Waals surface area contributed by atoms with Crippen molar-refractivity contribution in [3.63, 3.8) is 0 Å². The summed E-state index contributed by atoms with van der Waals surface area (Å²) in [6, 6.07) is 10.8. The van der Waals surface area contributed by atoms with E-state index in [0.717, 1.165) is 11.3 Å². The van der Waals surface area contributed by atoms with E-state index in [-0.39, 0.29) is 23.8 Å². The number of likely N-dealkylation sites (tertiary alicyclic amines) is 1. The predicted molar refractivity (Wildman–Crippen MR) is 91.8 cm³/mol. The number of nitrogens with one attached hydrogen (secondary N) is 1. The van der Waals surface area contributed by atoms with Crippen LogP contribution in [0, 0.1) is 5.92 Å². The van der Waals surface area contributed by atoms with E-state index in [2.05, 4.69) is 5.32 Å². The Balaban J connectivity index is 1.79. The molecule has 6 nitrogen and oxygen atoms in total. The average molecular weight is 342 g/mol. The highest BCUT2D eigenvalue weighted by Crippen LogP contribution is 2.36. The van der Waals surface area contributed by atoms with E-state index in [0.29, 0.717) is 25.1 Å². The SMILES string of the molecule is COc1ccc(C2C(C(=O)NCc3ccco3)CCC(=O)N2C)cc1. The molecule has 1 aliphatic heterocycles. The zero-order valence-electron chi connectivity index (χ0n) is 14.4. The molecule has 2 atom stereocenters. The summed E-state index contributed by atoms with van der Waals surface area (Å²) in [5.74, 6) is 1.13. The number of amides is 2. The average Bonchev–Trinajstić information content (AvgIpc) is 3.15. The second kappa shape index (κ2) is 7.42. The molecule has 1 fully saturated rings. The van der Waals surface area contributed by atoms with E-state index in [4.69, 9.17) is 9.15 Å². The zero-order chi connectivity index (χ0) is 17.8. The highest BCUT2D eigenvalue weighted by Gasteiger charge is 2.38. The summed E-state index contributed by atoms with van der Waals surface area (Å²) in [6.07, 6.45) is 2.49. The van der Waals surface area contributed by atoms with Crippen LogP contribution in [0.5, 0.6) is 5.75 Å². The minimum Gasteiger partial charge on any atom is -0.497 e. The summed E-state index contributed by atoms with van der Waals surface area (Å²) in [4.78, 5) is 26.6. The molecule has 1 aromatic carbocycles. The van der Waals surface area contributed by atoms with Gasteiger partial charge in [0, 0.05) is 13.5 Å². The Morgan fingerprint density at radius 2 is 2.08 bits per heavy atom. The van der Waals surface area contributed by atoms with Crippen molar-refractivity contribution in [3.8, 4) is 5.75 Å². The summed E-state index contributed by atoms with van der Waals surface area (Å²) >= 11 is 0. The zero-order valence-corrected chi connectivity index (χ0v) is 14.4. The Kier molecular flexibility index (Phi) is 5.07. The maximum atomic E-state index is 12.7. The lowest BCUT2D eigenvalue weighted by Crippen LogP contribution is -2.46. The molecule has 132 valence electrons. The molecule has 0 bridgehead atoms. The van der Waals surface area contributed by atoms with Crippen molar-refractivity contribution in [2.24, 2.45) is 5.92 Å². The van der Waals surface area contributed by atoms with E-state index in [1.807, 2.05) is 30.3 Å². The molecule has 6 heteroatoms. The second-order valence-corrected chi connectivity index (χ2v) is 6.16. The van der Waals surface area contributed by atoms with Gasteiger partial charge in [-0.1, -0.05) is 12.1 Å². The molecule has 2 unspecified atom stereocenters. The van der Waals surface area contributed by atoms with Gasteiger partial charge in [-0.2, -0.15) is 0 Å². The third-order valence-electron chi connectivity index (χ3n) is 4.67. The molecular formula is C19H22N2O4. The molecular weight excluding hydrogens is 320 g/mol. The molecule has 1 aromatic heterocycles. The molecule has 0 saturated carbocycles.